The van der Waals surface area contributed by atoms with E-state index in [4.69, 9.17) is 9.72 Å². The van der Waals surface area contributed by atoms with Crippen molar-refractivity contribution >= 4 is 17.3 Å². The average Bonchev–Trinajstić information content (AvgIpc) is 3.06. The number of guanidine groups is 1. The Morgan fingerprint density at radius 2 is 2.00 bits per heavy atom. The third kappa shape index (κ3) is 7.28. The number of ether oxygens (including phenoxy) is 1. The summed E-state index contributed by atoms with van der Waals surface area (Å²) in [5.41, 5.74) is 2.23. The lowest BCUT2D eigenvalue weighted by atomic mass is 10.2. The van der Waals surface area contributed by atoms with E-state index in [9.17, 15) is 0 Å². The van der Waals surface area contributed by atoms with Gasteiger partial charge in [-0.1, -0.05) is 30.3 Å². The molecule has 0 radical (unpaired) electrons. The molecule has 1 aromatic heterocycles. The zero-order chi connectivity index (χ0) is 19.5. The maximum atomic E-state index is 5.09. The predicted octanol–water partition coefficient (Wildman–Crippen LogP) is 2.75. The van der Waals surface area contributed by atoms with Crippen LogP contribution in [0.15, 0.2) is 35.3 Å². The number of rotatable bonds is 10. The summed E-state index contributed by atoms with van der Waals surface area (Å²) in [6, 6.07) is 10.3. The number of hydrogen-bond donors (Lipinski definition) is 2. The van der Waals surface area contributed by atoms with Gasteiger partial charge in [0.15, 0.2) is 5.96 Å². The summed E-state index contributed by atoms with van der Waals surface area (Å²) in [4.78, 5) is 12.5. The maximum absolute atomic E-state index is 5.09. The minimum Gasteiger partial charge on any atom is -0.385 e. The molecule has 0 unspecified atom stereocenters. The van der Waals surface area contributed by atoms with Gasteiger partial charge in [0, 0.05) is 50.8 Å². The molecule has 0 aliphatic heterocycles. The molecule has 1 heterocycles. The Bertz CT molecular complexity index is 702. The molecule has 2 rings (SSSR count). The quantitative estimate of drug-likeness (QED) is 0.372. The Morgan fingerprint density at radius 3 is 2.70 bits per heavy atom. The molecule has 0 aliphatic carbocycles. The van der Waals surface area contributed by atoms with E-state index >= 15 is 0 Å². The van der Waals surface area contributed by atoms with Gasteiger partial charge in [0.05, 0.1) is 12.2 Å². The van der Waals surface area contributed by atoms with Crippen LogP contribution in [-0.4, -0.2) is 63.3 Å². The number of thiazole rings is 1. The minimum absolute atomic E-state index is 0.722. The highest BCUT2D eigenvalue weighted by Gasteiger charge is 2.10. The standard InChI is InChI=1S/C20H31N5OS/c1-16-18(27-19(24-16)17-9-6-5-7-10-17)15-23-20(21-2)22-11-13-25(3)12-8-14-26-4/h5-7,9-10H,8,11-15H2,1-4H3,(H2,21,22,23). The first-order chi connectivity index (χ1) is 13.1. The molecule has 0 atom stereocenters. The van der Waals surface area contributed by atoms with Crippen LogP contribution in [0.1, 0.15) is 17.0 Å². The number of aromatic nitrogens is 1. The molecule has 27 heavy (non-hydrogen) atoms. The van der Waals surface area contributed by atoms with E-state index in [-0.39, 0.29) is 0 Å². The van der Waals surface area contributed by atoms with Gasteiger partial charge in [0.1, 0.15) is 5.01 Å². The van der Waals surface area contributed by atoms with Gasteiger partial charge < -0.3 is 20.3 Å². The predicted molar refractivity (Wildman–Crippen MR) is 114 cm³/mol. The van der Waals surface area contributed by atoms with E-state index < -0.39 is 0 Å². The first kappa shape index (κ1) is 21.3. The Labute approximate surface area is 166 Å². The molecular formula is C20H31N5OS. The maximum Gasteiger partial charge on any atom is 0.191 e. The third-order valence-corrected chi connectivity index (χ3v) is 5.43. The second-order valence-corrected chi connectivity index (χ2v) is 7.48. The summed E-state index contributed by atoms with van der Waals surface area (Å²) in [5, 5.41) is 7.82. The van der Waals surface area contributed by atoms with E-state index in [2.05, 4.69) is 46.6 Å². The van der Waals surface area contributed by atoms with Crippen LogP contribution in [0.5, 0.6) is 0 Å². The van der Waals surface area contributed by atoms with Crippen LogP contribution >= 0.6 is 11.3 Å². The number of likely N-dealkylation sites (N-methyl/N-ethyl adjacent to an activating group) is 1. The van der Waals surface area contributed by atoms with Gasteiger partial charge >= 0.3 is 0 Å². The van der Waals surface area contributed by atoms with Gasteiger partial charge in [0.2, 0.25) is 0 Å². The van der Waals surface area contributed by atoms with Gasteiger partial charge in [-0.15, -0.1) is 11.3 Å². The second-order valence-electron chi connectivity index (χ2n) is 6.40. The fraction of sp³-hybridized carbons (Fsp3) is 0.500. The summed E-state index contributed by atoms with van der Waals surface area (Å²) in [6.07, 6.45) is 1.05. The number of aryl methyl sites for hydroxylation is 1. The zero-order valence-electron chi connectivity index (χ0n) is 16.8. The largest absolute Gasteiger partial charge is 0.385 e. The van der Waals surface area contributed by atoms with Crippen molar-refractivity contribution in [1.29, 1.82) is 0 Å². The van der Waals surface area contributed by atoms with Crippen molar-refractivity contribution in [1.82, 2.24) is 20.5 Å². The number of hydrogen-bond acceptors (Lipinski definition) is 5. The molecule has 0 saturated carbocycles. The number of aliphatic imine (C=N–C) groups is 1. The van der Waals surface area contributed by atoms with Gasteiger partial charge in [-0.05, 0) is 20.4 Å². The molecule has 6 nitrogen and oxygen atoms in total. The number of methoxy groups -OCH3 is 1. The van der Waals surface area contributed by atoms with Crippen molar-refractivity contribution in [3.8, 4) is 10.6 Å². The highest BCUT2D eigenvalue weighted by molar-refractivity contribution is 7.15. The lowest BCUT2D eigenvalue weighted by molar-refractivity contribution is 0.180. The average molecular weight is 390 g/mol. The number of nitrogens with zero attached hydrogens (tertiary/aromatic N) is 3. The van der Waals surface area contributed by atoms with Crippen LogP contribution in [0.4, 0.5) is 0 Å². The topological polar surface area (TPSA) is 61.8 Å². The second kappa shape index (κ2) is 11.7. The molecule has 7 heteroatoms. The molecule has 0 aliphatic rings. The molecule has 2 N–H and O–H groups in total. The van der Waals surface area contributed by atoms with Crippen LogP contribution in [0.25, 0.3) is 10.6 Å². The number of nitrogens with one attached hydrogen (secondary N) is 2. The van der Waals surface area contributed by atoms with E-state index in [1.165, 1.54) is 4.88 Å². The van der Waals surface area contributed by atoms with Gasteiger partial charge in [0.25, 0.3) is 0 Å². The van der Waals surface area contributed by atoms with Crippen LogP contribution < -0.4 is 10.6 Å². The van der Waals surface area contributed by atoms with Gasteiger partial charge in [-0.3, -0.25) is 4.99 Å². The van der Waals surface area contributed by atoms with Gasteiger partial charge in [-0.25, -0.2) is 4.98 Å². The highest BCUT2D eigenvalue weighted by Crippen LogP contribution is 2.27. The van der Waals surface area contributed by atoms with Crippen LogP contribution in [0.2, 0.25) is 0 Å². The fourth-order valence-corrected chi connectivity index (χ4v) is 3.64. The highest BCUT2D eigenvalue weighted by atomic mass is 32.1. The van der Waals surface area contributed by atoms with Crippen LogP contribution in [-0.2, 0) is 11.3 Å². The van der Waals surface area contributed by atoms with E-state index in [0.717, 1.165) is 61.4 Å². The summed E-state index contributed by atoms with van der Waals surface area (Å²) >= 11 is 1.73. The lowest BCUT2D eigenvalue weighted by Gasteiger charge is -2.18. The Kier molecular flexibility index (Phi) is 9.24. The van der Waals surface area contributed by atoms with Crippen LogP contribution in [0, 0.1) is 6.92 Å². The lowest BCUT2D eigenvalue weighted by Crippen LogP contribution is -2.40. The summed E-state index contributed by atoms with van der Waals surface area (Å²) in [6.45, 7) is 6.43. The summed E-state index contributed by atoms with van der Waals surface area (Å²) in [7, 11) is 5.66. The van der Waals surface area contributed by atoms with Crippen molar-refractivity contribution in [2.75, 3.05) is 47.4 Å². The van der Waals surface area contributed by atoms with Crippen molar-refractivity contribution < 1.29 is 4.74 Å². The molecule has 148 valence electrons. The summed E-state index contributed by atoms with van der Waals surface area (Å²) < 4.78 is 5.09. The molecule has 0 bridgehead atoms. The molecule has 0 saturated heterocycles. The van der Waals surface area contributed by atoms with Crippen LogP contribution in [0.3, 0.4) is 0 Å². The molecule has 0 fully saturated rings. The molecular weight excluding hydrogens is 358 g/mol. The van der Waals surface area contributed by atoms with E-state index in [0.29, 0.717) is 0 Å². The SMILES string of the molecule is CN=C(NCCN(C)CCCOC)NCc1sc(-c2ccccc2)nc1C. The first-order valence-electron chi connectivity index (χ1n) is 9.27. The molecule has 1 aromatic carbocycles. The summed E-state index contributed by atoms with van der Waals surface area (Å²) in [5.74, 6) is 0.814. The van der Waals surface area contributed by atoms with Gasteiger partial charge in [-0.2, -0.15) is 0 Å². The smallest absolute Gasteiger partial charge is 0.191 e. The van der Waals surface area contributed by atoms with Crippen molar-refractivity contribution in [3.63, 3.8) is 0 Å². The monoisotopic (exact) mass is 389 g/mol. The third-order valence-electron chi connectivity index (χ3n) is 4.23. The van der Waals surface area contributed by atoms with Crippen molar-refractivity contribution in [2.45, 2.75) is 19.9 Å². The van der Waals surface area contributed by atoms with E-state index in [1.807, 2.05) is 18.2 Å². The Balaban J connectivity index is 1.78. The molecule has 0 amide bonds. The number of benzene rings is 1. The van der Waals surface area contributed by atoms with E-state index in [1.54, 1.807) is 25.5 Å². The molecule has 0 spiro atoms. The Morgan fingerprint density at radius 1 is 1.22 bits per heavy atom. The minimum atomic E-state index is 0.722. The van der Waals surface area contributed by atoms with Crippen molar-refractivity contribution in [2.24, 2.45) is 4.99 Å². The Hall–Kier alpha value is -1.96. The fourth-order valence-electron chi connectivity index (χ4n) is 2.64. The normalized spacial score (nSPS) is 11.8. The first-order valence-corrected chi connectivity index (χ1v) is 10.1. The molecule has 2 aromatic rings. The van der Waals surface area contributed by atoms with Crippen molar-refractivity contribution in [3.05, 3.63) is 40.9 Å². The zero-order valence-corrected chi connectivity index (χ0v) is 17.6.